The molecule has 1 fully saturated rings. The number of hydrogen-bond acceptors (Lipinski definition) is 4. The van der Waals surface area contributed by atoms with Crippen LogP contribution in [0.25, 0.3) is 0 Å². The Hall–Kier alpha value is -2.02. The molecule has 0 bridgehead atoms. The number of nitrogens with zero attached hydrogens (tertiary/aromatic N) is 1. The summed E-state index contributed by atoms with van der Waals surface area (Å²) in [7, 11) is 0. The number of amides is 1. The van der Waals surface area contributed by atoms with Crippen molar-refractivity contribution in [1.29, 1.82) is 0 Å². The molecule has 19 heavy (non-hydrogen) atoms. The van der Waals surface area contributed by atoms with Gasteiger partial charge in [0.1, 0.15) is 11.5 Å². The second kappa shape index (κ2) is 5.31. The van der Waals surface area contributed by atoms with E-state index in [0.29, 0.717) is 0 Å². The number of carbonyl (C=O) groups is 1. The van der Waals surface area contributed by atoms with Gasteiger partial charge in [-0.15, -0.1) is 0 Å². The van der Waals surface area contributed by atoms with Crippen molar-refractivity contribution in [2.75, 3.05) is 11.9 Å². The van der Waals surface area contributed by atoms with E-state index in [9.17, 15) is 19.3 Å². The van der Waals surface area contributed by atoms with E-state index in [1.807, 2.05) is 6.92 Å². The van der Waals surface area contributed by atoms with Crippen LogP contribution in [0, 0.1) is 21.8 Å². The van der Waals surface area contributed by atoms with Gasteiger partial charge in [-0.2, -0.15) is 0 Å². The third-order valence-electron chi connectivity index (χ3n) is 3.23. The average molecular weight is 267 g/mol. The lowest BCUT2D eigenvalue weighted by molar-refractivity contribution is -0.384. The lowest BCUT2D eigenvalue weighted by Crippen LogP contribution is -2.39. The number of hydrogen-bond donors (Lipinski definition) is 2. The molecule has 6 nitrogen and oxygen atoms in total. The summed E-state index contributed by atoms with van der Waals surface area (Å²) in [5, 5.41) is 16.3. The van der Waals surface area contributed by atoms with Crippen LogP contribution < -0.4 is 10.6 Å². The number of anilines is 1. The number of benzene rings is 1. The Bertz CT molecular complexity index is 521. The molecule has 2 rings (SSSR count). The fraction of sp³-hybridized carbons (Fsp3) is 0.417. The minimum atomic E-state index is -0.718. The molecule has 0 aliphatic carbocycles. The second-order valence-electron chi connectivity index (χ2n) is 4.61. The fourth-order valence-electron chi connectivity index (χ4n) is 2.16. The minimum Gasteiger partial charge on any atom is -0.319 e. The maximum atomic E-state index is 13.0. The topological polar surface area (TPSA) is 84.3 Å². The number of nitro benzene ring substituents is 1. The minimum absolute atomic E-state index is 0.0114. The predicted molar refractivity (Wildman–Crippen MR) is 67.3 cm³/mol. The number of carbonyl (C=O) groups excluding carboxylic acids is 1. The molecule has 1 aromatic rings. The first-order valence-corrected chi connectivity index (χ1v) is 5.97. The maximum absolute atomic E-state index is 13.0. The van der Waals surface area contributed by atoms with Crippen LogP contribution in [0.1, 0.15) is 13.3 Å². The highest BCUT2D eigenvalue weighted by molar-refractivity contribution is 5.97. The normalized spacial score (nSPS) is 22.2. The molecule has 1 saturated heterocycles. The Kier molecular flexibility index (Phi) is 3.75. The van der Waals surface area contributed by atoms with Crippen LogP contribution in [0.5, 0.6) is 0 Å². The molecule has 0 saturated carbocycles. The van der Waals surface area contributed by atoms with Gasteiger partial charge in [-0.1, -0.05) is 6.92 Å². The molecule has 102 valence electrons. The van der Waals surface area contributed by atoms with Gasteiger partial charge >= 0.3 is 0 Å². The Morgan fingerprint density at radius 2 is 2.32 bits per heavy atom. The van der Waals surface area contributed by atoms with E-state index in [2.05, 4.69) is 10.6 Å². The predicted octanol–water partition coefficient (Wildman–Crippen LogP) is 1.67. The first-order chi connectivity index (χ1) is 8.99. The highest BCUT2D eigenvalue weighted by atomic mass is 19.1. The van der Waals surface area contributed by atoms with Gasteiger partial charge in [0.2, 0.25) is 5.91 Å². The van der Waals surface area contributed by atoms with Crippen molar-refractivity contribution in [2.45, 2.75) is 19.4 Å². The third kappa shape index (κ3) is 2.87. The molecule has 0 aromatic heterocycles. The average Bonchev–Trinajstić information content (AvgIpc) is 2.77. The van der Waals surface area contributed by atoms with E-state index in [-0.39, 0.29) is 23.6 Å². The Labute approximate surface area is 109 Å². The van der Waals surface area contributed by atoms with Gasteiger partial charge in [0.25, 0.3) is 5.69 Å². The summed E-state index contributed by atoms with van der Waals surface area (Å²) in [5.41, 5.74) is -0.434. The number of nitrogens with one attached hydrogen (secondary N) is 2. The fourth-order valence-corrected chi connectivity index (χ4v) is 2.16. The van der Waals surface area contributed by atoms with Crippen molar-refractivity contribution in [3.05, 3.63) is 34.1 Å². The Morgan fingerprint density at radius 1 is 1.58 bits per heavy atom. The Morgan fingerprint density at radius 3 is 2.89 bits per heavy atom. The molecule has 2 unspecified atom stereocenters. The highest BCUT2D eigenvalue weighted by Crippen LogP contribution is 2.26. The van der Waals surface area contributed by atoms with E-state index < -0.39 is 16.4 Å². The molecular formula is C12H14FN3O3. The van der Waals surface area contributed by atoms with Crippen molar-refractivity contribution in [1.82, 2.24) is 5.32 Å². The van der Waals surface area contributed by atoms with E-state index in [0.717, 1.165) is 25.1 Å². The molecule has 1 aromatic carbocycles. The SMILES string of the molecule is CC1CCNC1C(=O)Nc1ccc(F)cc1[N+](=O)[O-]. The molecule has 7 heteroatoms. The van der Waals surface area contributed by atoms with Crippen molar-refractivity contribution < 1.29 is 14.1 Å². The van der Waals surface area contributed by atoms with Crippen LogP contribution >= 0.6 is 0 Å². The number of rotatable bonds is 3. The lowest BCUT2D eigenvalue weighted by atomic mass is 10.0. The quantitative estimate of drug-likeness (QED) is 0.644. The molecule has 2 atom stereocenters. The summed E-state index contributed by atoms with van der Waals surface area (Å²) < 4.78 is 13.0. The van der Waals surface area contributed by atoms with Crippen LogP contribution in [0.2, 0.25) is 0 Å². The third-order valence-corrected chi connectivity index (χ3v) is 3.23. The zero-order valence-corrected chi connectivity index (χ0v) is 10.4. The van der Waals surface area contributed by atoms with Gasteiger partial charge in [-0.05, 0) is 31.0 Å². The van der Waals surface area contributed by atoms with E-state index >= 15 is 0 Å². The first kappa shape index (κ1) is 13.4. The summed E-state index contributed by atoms with van der Waals surface area (Å²) in [4.78, 5) is 22.1. The highest BCUT2D eigenvalue weighted by Gasteiger charge is 2.30. The number of nitro groups is 1. The zero-order chi connectivity index (χ0) is 14.0. The maximum Gasteiger partial charge on any atom is 0.295 e. The van der Waals surface area contributed by atoms with Crippen LogP contribution in [-0.4, -0.2) is 23.4 Å². The van der Waals surface area contributed by atoms with Gasteiger partial charge in [0.15, 0.2) is 0 Å². The van der Waals surface area contributed by atoms with E-state index in [1.54, 1.807) is 0 Å². The molecule has 1 aliphatic rings. The second-order valence-corrected chi connectivity index (χ2v) is 4.61. The summed E-state index contributed by atoms with van der Waals surface area (Å²) >= 11 is 0. The van der Waals surface area contributed by atoms with Gasteiger partial charge < -0.3 is 10.6 Å². The summed E-state index contributed by atoms with van der Waals surface area (Å²) in [6.45, 7) is 2.67. The lowest BCUT2D eigenvalue weighted by Gasteiger charge is -2.15. The van der Waals surface area contributed by atoms with Gasteiger partial charge in [-0.3, -0.25) is 14.9 Å². The molecule has 1 aliphatic heterocycles. The summed E-state index contributed by atoms with van der Waals surface area (Å²) in [5.74, 6) is -0.878. The molecule has 0 spiro atoms. The largest absolute Gasteiger partial charge is 0.319 e. The van der Waals surface area contributed by atoms with Crippen molar-refractivity contribution in [3.63, 3.8) is 0 Å². The summed E-state index contributed by atoms with van der Waals surface area (Å²) in [6.07, 6.45) is 0.879. The molecular weight excluding hydrogens is 253 g/mol. The standard InChI is InChI=1S/C12H14FN3O3/c1-7-4-5-14-11(7)12(17)15-9-3-2-8(13)6-10(9)16(18)19/h2-3,6-7,11,14H,4-5H2,1H3,(H,15,17). The Balaban J connectivity index is 2.19. The summed E-state index contributed by atoms with van der Waals surface area (Å²) in [6, 6.07) is 2.70. The van der Waals surface area contributed by atoms with Crippen molar-refractivity contribution in [3.8, 4) is 0 Å². The van der Waals surface area contributed by atoms with Crippen LogP contribution in [0.15, 0.2) is 18.2 Å². The van der Waals surface area contributed by atoms with E-state index in [1.165, 1.54) is 6.07 Å². The molecule has 0 radical (unpaired) electrons. The number of halogens is 1. The first-order valence-electron chi connectivity index (χ1n) is 5.97. The molecule has 1 amide bonds. The van der Waals surface area contributed by atoms with Crippen LogP contribution in [-0.2, 0) is 4.79 Å². The van der Waals surface area contributed by atoms with Gasteiger partial charge in [0, 0.05) is 0 Å². The van der Waals surface area contributed by atoms with E-state index in [4.69, 9.17) is 0 Å². The smallest absolute Gasteiger partial charge is 0.295 e. The van der Waals surface area contributed by atoms with Gasteiger partial charge in [-0.25, -0.2) is 4.39 Å². The van der Waals surface area contributed by atoms with Crippen LogP contribution in [0.4, 0.5) is 15.8 Å². The monoisotopic (exact) mass is 267 g/mol. The van der Waals surface area contributed by atoms with Crippen molar-refractivity contribution in [2.24, 2.45) is 5.92 Å². The molecule has 2 N–H and O–H groups in total. The van der Waals surface area contributed by atoms with Crippen LogP contribution in [0.3, 0.4) is 0 Å². The van der Waals surface area contributed by atoms with Gasteiger partial charge in [0.05, 0.1) is 17.0 Å². The molecule has 1 heterocycles. The van der Waals surface area contributed by atoms with Crippen molar-refractivity contribution >= 4 is 17.3 Å². The zero-order valence-electron chi connectivity index (χ0n) is 10.4.